The second kappa shape index (κ2) is 7.09. The molecule has 0 aliphatic carbocycles. The highest BCUT2D eigenvalue weighted by Crippen LogP contribution is 2.19. The number of aromatic nitrogens is 2. The number of hydrogen-bond acceptors (Lipinski definition) is 5. The van der Waals surface area contributed by atoms with Gasteiger partial charge in [0, 0.05) is 16.3 Å². The number of rotatable bonds is 5. The van der Waals surface area contributed by atoms with E-state index >= 15 is 0 Å². The van der Waals surface area contributed by atoms with E-state index in [1.807, 2.05) is 25.1 Å². The van der Waals surface area contributed by atoms with Gasteiger partial charge in [0.05, 0.1) is 12.3 Å². The normalized spacial score (nSPS) is 11.4. The number of benzene rings is 1. The third-order valence-corrected chi connectivity index (χ3v) is 3.35. The highest BCUT2D eigenvalue weighted by atomic mass is 35.5. The van der Waals surface area contributed by atoms with Crippen LogP contribution in [0.15, 0.2) is 29.4 Å². The van der Waals surface area contributed by atoms with E-state index in [1.54, 1.807) is 19.9 Å². The number of hydrogen-bond donors (Lipinski definition) is 2. The molecule has 0 radical (unpaired) electrons. The van der Waals surface area contributed by atoms with E-state index in [0.29, 0.717) is 34.4 Å². The number of halogens is 1. The molecule has 0 aliphatic heterocycles. The lowest BCUT2D eigenvalue weighted by atomic mass is 10.1. The summed E-state index contributed by atoms with van der Waals surface area (Å²) in [6.45, 7) is 5.61. The largest absolute Gasteiger partial charge is 0.462 e. The minimum Gasteiger partial charge on any atom is -0.462 e. The highest BCUT2D eigenvalue weighted by Gasteiger charge is 2.19. The number of H-pyrrole nitrogens is 1. The summed E-state index contributed by atoms with van der Waals surface area (Å²) in [6, 6.07) is 7.38. The van der Waals surface area contributed by atoms with Gasteiger partial charge < -0.3 is 4.74 Å². The first-order valence-electron chi connectivity index (χ1n) is 6.81. The Bertz CT molecular complexity index is 709. The fourth-order valence-electron chi connectivity index (χ4n) is 1.91. The monoisotopic (exact) mass is 320 g/mol. The molecule has 1 heterocycles. The Morgan fingerprint density at radius 1 is 1.45 bits per heavy atom. The van der Waals surface area contributed by atoms with E-state index in [1.165, 1.54) is 0 Å². The lowest BCUT2D eigenvalue weighted by Gasteiger charge is -2.05. The van der Waals surface area contributed by atoms with Gasteiger partial charge in [-0.2, -0.15) is 10.2 Å². The summed E-state index contributed by atoms with van der Waals surface area (Å²) in [5, 5.41) is 11.6. The standard InChI is InChI=1S/C15H17ClN4O2/c1-4-22-15(21)13-10(3)18-20-14(13)19-17-9(2)11-7-5-6-8-12(11)16/h5-8H,4H2,1-3H3,(H2,18,19,20)/b17-9-. The quantitative estimate of drug-likeness (QED) is 0.503. The minimum atomic E-state index is -0.443. The molecule has 0 saturated heterocycles. The zero-order valence-electron chi connectivity index (χ0n) is 12.6. The van der Waals surface area contributed by atoms with E-state index < -0.39 is 5.97 Å². The maximum Gasteiger partial charge on any atom is 0.343 e. The molecule has 0 amide bonds. The Morgan fingerprint density at radius 2 is 2.18 bits per heavy atom. The van der Waals surface area contributed by atoms with Crippen LogP contribution < -0.4 is 5.43 Å². The van der Waals surface area contributed by atoms with Crippen molar-refractivity contribution in [3.63, 3.8) is 0 Å². The molecule has 2 rings (SSSR count). The second-order valence-electron chi connectivity index (χ2n) is 4.58. The number of anilines is 1. The van der Waals surface area contributed by atoms with Gasteiger partial charge in [-0.3, -0.25) is 10.5 Å². The van der Waals surface area contributed by atoms with Gasteiger partial charge in [0.2, 0.25) is 0 Å². The molecule has 0 atom stereocenters. The number of carbonyl (C=O) groups is 1. The molecule has 7 heteroatoms. The van der Waals surface area contributed by atoms with E-state index in [2.05, 4.69) is 20.7 Å². The Morgan fingerprint density at radius 3 is 2.86 bits per heavy atom. The SMILES string of the molecule is CCOC(=O)c1c(N/N=C(/C)c2ccccc2Cl)n[nH]c1C. The van der Waals surface area contributed by atoms with Gasteiger partial charge in [0.1, 0.15) is 5.56 Å². The molecule has 2 aromatic rings. The molecule has 0 unspecified atom stereocenters. The van der Waals surface area contributed by atoms with Crippen LogP contribution in [0.5, 0.6) is 0 Å². The van der Waals surface area contributed by atoms with Crippen molar-refractivity contribution >= 4 is 29.1 Å². The number of hydrazone groups is 1. The highest BCUT2D eigenvalue weighted by molar-refractivity contribution is 6.34. The van der Waals surface area contributed by atoms with Gasteiger partial charge >= 0.3 is 5.97 Å². The predicted octanol–water partition coefficient (Wildman–Crippen LogP) is 3.38. The number of ether oxygens (including phenoxy) is 1. The summed E-state index contributed by atoms with van der Waals surface area (Å²) < 4.78 is 5.01. The topological polar surface area (TPSA) is 79.4 Å². The summed E-state index contributed by atoms with van der Waals surface area (Å²) in [4.78, 5) is 11.9. The van der Waals surface area contributed by atoms with E-state index in [0.717, 1.165) is 5.56 Å². The van der Waals surface area contributed by atoms with Crippen molar-refractivity contribution < 1.29 is 9.53 Å². The van der Waals surface area contributed by atoms with Crippen molar-refractivity contribution in [1.29, 1.82) is 0 Å². The molecule has 0 saturated carbocycles. The van der Waals surface area contributed by atoms with Crippen LogP contribution in [0.25, 0.3) is 0 Å². The van der Waals surface area contributed by atoms with Crippen molar-refractivity contribution in [2.24, 2.45) is 5.10 Å². The van der Waals surface area contributed by atoms with Gasteiger partial charge in [-0.05, 0) is 26.8 Å². The average Bonchev–Trinajstić information content (AvgIpc) is 2.86. The first-order chi connectivity index (χ1) is 10.5. The Hall–Kier alpha value is -2.34. The van der Waals surface area contributed by atoms with Gasteiger partial charge in [0.25, 0.3) is 0 Å². The Balaban J connectivity index is 2.23. The molecular formula is C15H17ClN4O2. The van der Waals surface area contributed by atoms with Crippen LogP contribution >= 0.6 is 11.6 Å². The minimum absolute atomic E-state index is 0.296. The maximum absolute atomic E-state index is 11.9. The van der Waals surface area contributed by atoms with Crippen LogP contribution in [0.3, 0.4) is 0 Å². The van der Waals surface area contributed by atoms with Crippen LogP contribution in [0.1, 0.15) is 35.5 Å². The van der Waals surface area contributed by atoms with E-state index in [4.69, 9.17) is 16.3 Å². The first kappa shape index (κ1) is 16.0. The van der Waals surface area contributed by atoms with Crippen molar-refractivity contribution in [2.75, 3.05) is 12.0 Å². The van der Waals surface area contributed by atoms with Gasteiger partial charge in [0.15, 0.2) is 5.82 Å². The number of aromatic amines is 1. The smallest absolute Gasteiger partial charge is 0.343 e. The summed E-state index contributed by atoms with van der Waals surface area (Å²) in [5.74, 6) is -0.121. The lowest BCUT2D eigenvalue weighted by Crippen LogP contribution is -2.09. The number of nitrogens with one attached hydrogen (secondary N) is 2. The third kappa shape index (κ3) is 3.46. The summed E-state index contributed by atoms with van der Waals surface area (Å²) in [5.41, 5.74) is 5.24. The van der Waals surface area contributed by atoms with E-state index in [9.17, 15) is 4.79 Å². The molecule has 22 heavy (non-hydrogen) atoms. The summed E-state index contributed by atoms with van der Waals surface area (Å²) >= 11 is 6.12. The molecule has 6 nitrogen and oxygen atoms in total. The third-order valence-electron chi connectivity index (χ3n) is 3.02. The van der Waals surface area contributed by atoms with Crippen molar-refractivity contribution in [2.45, 2.75) is 20.8 Å². The molecule has 1 aromatic heterocycles. The molecule has 0 fully saturated rings. The number of aryl methyl sites for hydroxylation is 1. The molecule has 0 bridgehead atoms. The molecule has 2 N–H and O–H groups in total. The van der Waals surface area contributed by atoms with E-state index in [-0.39, 0.29) is 0 Å². The molecular weight excluding hydrogens is 304 g/mol. The predicted molar refractivity (Wildman–Crippen MR) is 86.6 cm³/mol. The zero-order valence-corrected chi connectivity index (χ0v) is 13.4. The number of carbonyl (C=O) groups excluding carboxylic acids is 1. The number of esters is 1. The van der Waals surface area contributed by atoms with Gasteiger partial charge in [-0.25, -0.2) is 4.79 Å². The fraction of sp³-hybridized carbons (Fsp3) is 0.267. The zero-order chi connectivity index (χ0) is 16.1. The van der Waals surface area contributed by atoms with Crippen LogP contribution in [0, 0.1) is 6.92 Å². The average molecular weight is 321 g/mol. The molecule has 0 aliphatic rings. The fourth-order valence-corrected chi connectivity index (χ4v) is 2.19. The lowest BCUT2D eigenvalue weighted by molar-refractivity contribution is 0.0526. The Kier molecular flexibility index (Phi) is 5.16. The van der Waals surface area contributed by atoms with Crippen LogP contribution in [-0.4, -0.2) is 28.5 Å². The van der Waals surface area contributed by atoms with Crippen molar-refractivity contribution in [3.05, 3.63) is 46.1 Å². The van der Waals surface area contributed by atoms with Crippen molar-refractivity contribution in [1.82, 2.24) is 10.2 Å². The Labute approximate surface area is 133 Å². The van der Waals surface area contributed by atoms with Crippen molar-refractivity contribution in [3.8, 4) is 0 Å². The number of nitrogens with zero attached hydrogens (tertiary/aromatic N) is 2. The van der Waals surface area contributed by atoms with Gasteiger partial charge in [-0.15, -0.1) is 0 Å². The summed E-state index contributed by atoms with van der Waals surface area (Å²) in [7, 11) is 0. The second-order valence-corrected chi connectivity index (χ2v) is 4.99. The van der Waals surface area contributed by atoms with Crippen LogP contribution in [-0.2, 0) is 4.74 Å². The first-order valence-corrected chi connectivity index (χ1v) is 7.19. The molecule has 116 valence electrons. The van der Waals surface area contributed by atoms with Crippen LogP contribution in [0.4, 0.5) is 5.82 Å². The molecule has 1 aromatic carbocycles. The molecule has 0 spiro atoms. The van der Waals surface area contributed by atoms with Crippen LogP contribution in [0.2, 0.25) is 5.02 Å². The maximum atomic E-state index is 11.9. The summed E-state index contributed by atoms with van der Waals surface area (Å²) in [6.07, 6.45) is 0. The van der Waals surface area contributed by atoms with Gasteiger partial charge in [-0.1, -0.05) is 29.8 Å².